The molecule has 1 amide bonds. The molecule has 26 heavy (non-hydrogen) atoms. The van der Waals surface area contributed by atoms with Crippen LogP contribution in [0.4, 0.5) is 4.39 Å². The molecule has 0 aliphatic carbocycles. The zero-order valence-corrected chi connectivity index (χ0v) is 14.8. The normalized spacial score (nSPS) is 15.0. The number of hydrogen-bond acceptors (Lipinski definition) is 4. The molecule has 3 rings (SSSR count). The van der Waals surface area contributed by atoms with Gasteiger partial charge in [0, 0.05) is 45.1 Å². The molecule has 1 aromatic carbocycles. The highest BCUT2D eigenvalue weighted by molar-refractivity contribution is 5.94. The molecular formula is C20H24FN3O2. The minimum atomic E-state index is -0.481. The predicted octanol–water partition coefficient (Wildman–Crippen LogP) is 2.59. The van der Waals surface area contributed by atoms with E-state index in [1.165, 1.54) is 6.07 Å². The number of morpholine rings is 1. The standard InChI is InChI=1S/C20H24FN3O2/c21-19-5-2-1-4-18(19)20(25)24(16-17-6-8-22-9-7-17)11-3-10-23-12-14-26-15-13-23/h1-2,4-9H,3,10-16H2. The van der Waals surface area contributed by atoms with E-state index in [0.717, 1.165) is 44.8 Å². The summed E-state index contributed by atoms with van der Waals surface area (Å²) in [7, 11) is 0. The van der Waals surface area contributed by atoms with Gasteiger partial charge in [-0.15, -0.1) is 0 Å². The molecule has 2 aromatic rings. The fourth-order valence-corrected chi connectivity index (χ4v) is 3.08. The van der Waals surface area contributed by atoms with Crippen molar-refractivity contribution in [3.8, 4) is 0 Å². The van der Waals surface area contributed by atoms with Crippen LogP contribution in [0.2, 0.25) is 0 Å². The van der Waals surface area contributed by atoms with Crippen LogP contribution in [0.3, 0.4) is 0 Å². The number of nitrogens with zero attached hydrogens (tertiary/aromatic N) is 3. The second-order valence-electron chi connectivity index (χ2n) is 6.37. The molecule has 0 radical (unpaired) electrons. The van der Waals surface area contributed by atoms with Gasteiger partial charge in [-0.3, -0.25) is 14.7 Å². The van der Waals surface area contributed by atoms with Crippen molar-refractivity contribution in [2.45, 2.75) is 13.0 Å². The van der Waals surface area contributed by atoms with E-state index in [2.05, 4.69) is 9.88 Å². The second kappa shape index (κ2) is 9.40. The molecule has 1 fully saturated rings. The highest BCUT2D eigenvalue weighted by Crippen LogP contribution is 2.14. The molecule has 2 heterocycles. The third-order valence-corrected chi connectivity index (χ3v) is 4.52. The molecule has 0 spiro atoms. The van der Waals surface area contributed by atoms with E-state index in [9.17, 15) is 9.18 Å². The maximum absolute atomic E-state index is 14.1. The van der Waals surface area contributed by atoms with E-state index in [-0.39, 0.29) is 11.5 Å². The lowest BCUT2D eigenvalue weighted by atomic mass is 10.1. The summed E-state index contributed by atoms with van der Waals surface area (Å²) in [5.74, 6) is -0.757. The molecule has 138 valence electrons. The Labute approximate surface area is 153 Å². The van der Waals surface area contributed by atoms with Gasteiger partial charge in [-0.25, -0.2) is 4.39 Å². The Kier molecular flexibility index (Phi) is 6.68. The number of hydrogen-bond donors (Lipinski definition) is 0. The van der Waals surface area contributed by atoms with Gasteiger partial charge in [0.25, 0.3) is 5.91 Å². The van der Waals surface area contributed by atoms with Crippen LogP contribution in [0, 0.1) is 5.82 Å². The number of pyridine rings is 1. The quantitative estimate of drug-likeness (QED) is 0.764. The van der Waals surface area contributed by atoms with E-state index in [4.69, 9.17) is 4.74 Å². The maximum Gasteiger partial charge on any atom is 0.257 e. The predicted molar refractivity (Wildman–Crippen MR) is 97.3 cm³/mol. The second-order valence-corrected chi connectivity index (χ2v) is 6.37. The van der Waals surface area contributed by atoms with E-state index < -0.39 is 5.82 Å². The average Bonchev–Trinajstić information content (AvgIpc) is 2.69. The monoisotopic (exact) mass is 357 g/mol. The molecule has 5 nitrogen and oxygen atoms in total. The first-order valence-electron chi connectivity index (χ1n) is 8.97. The lowest BCUT2D eigenvalue weighted by molar-refractivity contribution is 0.0355. The van der Waals surface area contributed by atoms with Gasteiger partial charge >= 0.3 is 0 Å². The van der Waals surface area contributed by atoms with Crippen LogP contribution in [-0.4, -0.2) is 60.1 Å². The fraction of sp³-hybridized carbons (Fsp3) is 0.400. The Morgan fingerprint density at radius 3 is 2.62 bits per heavy atom. The molecule has 1 aliphatic rings. The lowest BCUT2D eigenvalue weighted by Crippen LogP contribution is -2.39. The molecule has 0 N–H and O–H groups in total. The largest absolute Gasteiger partial charge is 0.379 e. The van der Waals surface area contributed by atoms with E-state index >= 15 is 0 Å². The average molecular weight is 357 g/mol. The van der Waals surface area contributed by atoms with Gasteiger partial charge in [0.1, 0.15) is 5.82 Å². The van der Waals surface area contributed by atoms with Gasteiger partial charge in [0.2, 0.25) is 0 Å². The Bertz CT molecular complexity index is 705. The van der Waals surface area contributed by atoms with Crippen LogP contribution in [0.1, 0.15) is 22.3 Å². The van der Waals surface area contributed by atoms with Crippen LogP contribution in [0.15, 0.2) is 48.8 Å². The first-order valence-corrected chi connectivity index (χ1v) is 8.97. The van der Waals surface area contributed by atoms with Crippen LogP contribution < -0.4 is 0 Å². The Morgan fingerprint density at radius 2 is 1.88 bits per heavy atom. The number of carbonyl (C=O) groups is 1. The number of carbonyl (C=O) groups excluding carboxylic acids is 1. The summed E-state index contributed by atoms with van der Waals surface area (Å²) in [5.41, 5.74) is 1.10. The zero-order chi connectivity index (χ0) is 18.2. The fourth-order valence-electron chi connectivity index (χ4n) is 3.08. The number of ether oxygens (including phenoxy) is 1. The molecule has 0 bridgehead atoms. The van der Waals surface area contributed by atoms with Crippen molar-refractivity contribution in [2.24, 2.45) is 0 Å². The topological polar surface area (TPSA) is 45.7 Å². The first-order chi connectivity index (χ1) is 12.7. The molecule has 1 aliphatic heterocycles. The molecule has 0 saturated carbocycles. The van der Waals surface area contributed by atoms with E-state index in [1.807, 2.05) is 12.1 Å². The number of rotatable bonds is 7. The summed E-state index contributed by atoms with van der Waals surface area (Å²) >= 11 is 0. The van der Waals surface area contributed by atoms with Crippen molar-refractivity contribution >= 4 is 5.91 Å². The van der Waals surface area contributed by atoms with Crippen molar-refractivity contribution in [3.05, 3.63) is 65.7 Å². The number of benzene rings is 1. The van der Waals surface area contributed by atoms with Crippen molar-refractivity contribution in [1.29, 1.82) is 0 Å². The molecule has 1 aromatic heterocycles. The van der Waals surface area contributed by atoms with Gasteiger partial charge in [0.15, 0.2) is 0 Å². The highest BCUT2D eigenvalue weighted by atomic mass is 19.1. The summed E-state index contributed by atoms with van der Waals surface area (Å²) in [6.07, 6.45) is 4.24. The zero-order valence-electron chi connectivity index (χ0n) is 14.8. The Morgan fingerprint density at radius 1 is 1.15 bits per heavy atom. The lowest BCUT2D eigenvalue weighted by Gasteiger charge is -2.28. The minimum absolute atomic E-state index is 0.118. The summed E-state index contributed by atoms with van der Waals surface area (Å²) in [5, 5.41) is 0. The molecule has 0 unspecified atom stereocenters. The minimum Gasteiger partial charge on any atom is -0.379 e. The summed E-state index contributed by atoms with van der Waals surface area (Å²) in [6.45, 7) is 5.29. The number of aromatic nitrogens is 1. The van der Waals surface area contributed by atoms with Crippen LogP contribution in [0.5, 0.6) is 0 Å². The summed E-state index contributed by atoms with van der Waals surface area (Å²) < 4.78 is 19.4. The molecular weight excluding hydrogens is 333 g/mol. The number of amides is 1. The SMILES string of the molecule is O=C(c1ccccc1F)N(CCCN1CCOCC1)Cc1ccncc1. The smallest absolute Gasteiger partial charge is 0.257 e. The van der Waals surface area contributed by atoms with Gasteiger partial charge in [-0.05, 0) is 36.2 Å². The summed E-state index contributed by atoms with van der Waals surface area (Å²) in [4.78, 5) is 21.0. The van der Waals surface area contributed by atoms with Crippen LogP contribution in [-0.2, 0) is 11.3 Å². The van der Waals surface area contributed by atoms with Crippen molar-refractivity contribution in [3.63, 3.8) is 0 Å². The molecule has 1 saturated heterocycles. The highest BCUT2D eigenvalue weighted by Gasteiger charge is 2.20. The van der Waals surface area contributed by atoms with Crippen LogP contribution in [0.25, 0.3) is 0 Å². The Hall–Kier alpha value is -2.31. The molecule has 6 heteroatoms. The van der Waals surface area contributed by atoms with E-state index in [0.29, 0.717) is 13.1 Å². The van der Waals surface area contributed by atoms with Crippen molar-refractivity contribution in [2.75, 3.05) is 39.4 Å². The maximum atomic E-state index is 14.1. The van der Waals surface area contributed by atoms with Gasteiger partial charge in [-0.1, -0.05) is 12.1 Å². The summed E-state index contributed by atoms with van der Waals surface area (Å²) in [6, 6.07) is 9.91. The van der Waals surface area contributed by atoms with Crippen molar-refractivity contribution < 1.29 is 13.9 Å². The van der Waals surface area contributed by atoms with Gasteiger partial charge < -0.3 is 9.64 Å². The number of halogens is 1. The Balaban J connectivity index is 1.66. The van der Waals surface area contributed by atoms with Crippen LogP contribution >= 0.6 is 0 Å². The van der Waals surface area contributed by atoms with Gasteiger partial charge in [0.05, 0.1) is 18.8 Å². The van der Waals surface area contributed by atoms with Crippen molar-refractivity contribution in [1.82, 2.24) is 14.8 Å². The first kappa shape index (κ1) is 18.5. The third kappa shape index (κ3) is 5.09. The molecule has 0 atom stereocenters. The third-order valence-electron chi connectivity index (χ3n) is 4.52. The van der Waals surface area contributed by atoms with Gasteiger partial charge in [-0.2, -0.15) is 0 Å². The van der Waals surface area contributed by atoms with E-state index in [1.54, 1.807) is 35.5 Å².